The maximum atomic E-state index is 13.7. The molecule has 0 radical (unpaired) electrons. The van der Waals surface area contributed by atoms with E-state index in [4.69, 9.17) is 11.6 Å². The molecule has 0 heterocycles. The second-order valence-corrected chi connectivity index (χ2v) is 8.00. The first kappa shape index (κ1) is 20.8. The summed E-state index contributed by atoms with van der Waals surface area (Å²) in [6.45, 7) is 5.02. The van der Waals surface area contributed by atoms with Gasteiger partial charge in [0.05, 0.1) is 5.75 Å². The monoisotopic (exact) mass is 393 g/mol. The molecule has 0 saturated carbocycles. The van der Waals surface area contributed by atoms with Crippen LogP contribution in [-0.4, -0.2) is 18.2 Å². The van der Waals surface area contributed by atoms with Gasteiger partial charge in [0.25, 0.3) is 0 Å². The number of carbonyl (C=O) groups is 1. The van der Waals surface area contributed by atoms with Gasteiger partial charge in [-0.05, 0) is 47.6 Å². The van der Waals surface area contributed by atoms with Crippen LogP contribution < -0.4 is 5.32 Å². The molecule has 0 aromatic heterocycles. The lowest BCUT2D eigenvalue weighted by molar-refractivity contribution is -0.118. The molecule has 2 rings (SSSR count). The van der Waals surface area contributed by atoms with E-state index in [1.165, 1.54) is 29.0 Å². The summed E-state index contributed by atoms with van der Waals surface area (Å²) in [7, 11) is 0. The first-order chi connectivity index (χ1) is 12.5. The Hall–Kier alpha value is -1.52. The molecule has 2 nitrogen and oxygen atoms in total. The van der Waals surface area contributed by atoms with Crippen molar-refractivity contribution in [1.82, 2.24) is 5.32 Å². The van der Waals surface area contributed by atoms with E-state index >= 15 is 0 Å². The van der Waals surface area contributed by atoms with Gasteiger partial charge in [-0.15, -0.1) is 11.8 Å². The fourth-order valence-corrected chi connectivity index (χ4v) is 3.54. The molecule has 2 aromatic carbocycles. The Balaban J connectivity index is 1.61. The number of benzene rings is 2. The molecule has 2 aromatic rings. The van der Waals surface area contributed by atoms with Gasteiger partial charge < -0.3 is 5.32 Å². The lowest BCUT2D eigenvalue weighted by atomic mass is 10.0. The van der Waals surface area contributed by atoms with E-state index in [0.29, 0.717) is 34.6 Å². The fourth-order valence-electron chi connectivity index (χ4n) is 2.53. The highest BCUT2D eigenvalue weighted by Crippen LogP contribution is 2.19. The summed E-state index contributed by atoms with van der Waals surface area (Å²) in [5.41, 5.74) is 3.20. The zero-order valence-electron chi connectivity index (χ0n) is 15.2. The van der Waals surface area contributed by atoms with E-state index < -0.39 is 0 Å². The van der Waals surface area contributed by atoms with Crippen molar-refractivity contribution >= 4 is 29.3 Å². The molecule has 0 aliphatic carbocycles. The van der Waals surface area contributed by atoms with Crippen molar-refractivity contribution in [3.63, 3.8) is 0 Å². The van der Waals surface area contributed by atoms with E-state index in [-0.39, 0.29) is 11.7 Å². The third kappa shape index (κ3) is 7.00. The third-order valence-corrected chi connectivity index (χ3v) is 5.33. The van der Waals surface area contributed by atoms with Gasteiger partial charge in [0, 0.05) is 17.3 Å². The Morgan fingerprint density at radius 2 is 1.92 bits per heavy atom. The molecule has 0 atom stereocenters. The Morgan fingerprint density at radius 1 is 1.19 bits per heavy atom. The average molecular weight is 394 g/mol. The van der Waals surface area contributed by atoms with Crippen molar-refractivity contribution in [1.29, 1.82) is 0 Å². The smallest absolute Gasteiger partial charge is 0.230 e. The number of hydrogen-bond donors (Lipinski definition) is 1. The van der Waals surface area contributed by atoms with Crippen molar-refractivity contribution in [3.05, 3.63) is 70.0 Å². The third-order valence-electron chi connectivity index (χ3n) is 4.12. The van der Waals surface area contributed by atoms with Crippen LogP contribution in [0.1, 0.15) is 42.9 Å². The molecule has 26 heavy (non-hydrogen) atoms. The van der Waals surface area contributed by atoms with Gasteiger partial charge in [0.1, 0.15) is 5.82 Å². The van der Waals surface area contributed by atoms with Crippen LogP contribution in [0.25, 0.3) is 0 Å². The molecule has 0 saturated heterocycles. The van der Waals surface area contributed by atoms with Crippen LogP contribution in [0.15, 0.2) is 42.5 Å². The minimum absolute atomic E-state index is 0.0143. The number of carbonyl (C=O) groups excluding carboxylic acids is 1. The molecular weight excluding hydrogens is 369 g/mol. The minimum Gasteiger partial charge on any atom is -0.355 e. The van der Waals surface area contributed by atoms with Crippen LogP contribution in [0, 0.1) is 5.82 Å². The number of rotatable bonds is 9. The molecule has 140 valence electrons. The van der Waals surface area contributed by atoms with Crippen molar-refractivity contribution in [2.45, 2.75) is 38.4 Å². The predicted octanol–water partition coefficient (Wildman–Crippen LogP) is 5.58. The topological polar surface area (TPSA) is 29.1 Å². The molecule has 0 aliphatic heterocycles. The highest BCUT2D eigenvalue weighted by Gasteiger charge is 2.06. The number of nitrogens with one attached hydrogen (secondary N) is 1. The molecule has 1 N–H and O–H groups in total. The van der Waals surface area contributed by atoms with Gasteiger partial charge >= 0.3 is 0 Å². The van der Waals surface area contributed by atoms with E-state index in [1.54, 1.807) is 12.1 Å². The summed E-state index contributed by atoms with van der Waals surface area (Å²) in [5, 5.41) is 3.30. The van der Waals surface area contributed by atoms with E-state index in [9.17, 15) is 9.18 Å². The predicted molar refractivity (Wildman–Crippen MR) is 109 cm³/mol. The first-order valence-electron chi connectivity index (χ1n) is 8.83. The molecule has 0 unspecified atom stereocenters. The highest BCUT2D eigenvalue weighted by atomic mass is 35.5. The second-order valence-electron chi connectivity index (χ2n) is 6.58. The van der Waals surface area contributed by atoms with Crippen LogP contribution in [0.4, 0.5) is 4.39 Å². The Labute approximate surface area is 164 Å². The van der Waals surface area contributed by atoms with Gasteiger partial charge in [-0.25, -0.2) is 4.39 Å². The SMILES string of the molecule is CC(C)c1ccc(CCCNC(=O)CSCc2ccc(Cl)cc2F)cc1. The number of amides is 1. The van der Waals surface area contributed by atoms with E-state index in [1.807, 2.05) is 0 Å². The second kappa shape index (κ2) is 10.6. The molecule has 0 bridgehead atoms. The zero-order valence-corrected chi connectivity index (χ0v) is 16.8. The van der Waals surface area contributed by atoms with Gasteiger partial charge in [-0.3, -0.25) is 4.79 Å². The number of aryl methyl sites for hydroxylation is 1. The summed E-state index contributed by atoms with van der Waals surface area (Å²) >= 11 is 7.13. The summed E-state index contributed by atoms with van der Waals surface area (Å²) in [6, 6.07) is 13.3. The van der Waals surface area contributed by atoms with Crippen LogP contribution in [0.3, 0.4) is 0 Å². The number of thioether (sulfide) groups is 1. The minimum atomic E-state index is -0.325. The fraction of sp³-hybridized carbons (Fsp3) is 0.381. The molecule has 5 heteroatoms. The van der Waals surface area contributed by atoms with Crippen molar-refractivity contribution in [3.8, 4) is 0 Å². The summed E-state index contributed by atoms with van der Waals surface area (Å²) in [6.07, 6.45) is 1.85. The maximum absolute atomic E-state index is 13.7. The van der Waals surface area contributed by atoms with Gasteiger partial charge in [0.2, 0.25) is 5.91 Å². The molecular formula is C21H25ClFNOS. The highest BCUT2D eigenvalue weighted by molar-refractivity contribution is 7.99. The van der Waals surface area contributed by atoms with E-state index in [0.717, 1.165) is 12.8 Å². The van der Waals surface area contributed by atoms with Crippen LogP contribution >= 0.6 is 23.4 Å². The molecule has 0 spiro atoms. The van der Waals surface area contributed by atoms with Crippen LogP contribution in [0.5, 0.6) is 0 Å². The summed E-state index contributed by atoms with van der Waals surface area (Å²) < 4.78 is 13.7. The maximum Gasteiger partial charge on any atom is 0.230 e. The summed E-state index contributed by atoms with van der Waals surface area (Å²) in [5.74, 6) is 0.986. The lowest BCUT2D eigenvalue weighted by Crippen LogP contribution is -2.26. The normalized spacial score (nSPS) is 11.0. The first-order valence-corrected chi connectivity index (χ1v) is 10.4. The quantitative estimate of drug-likeness (QED) is 0.563. The van der Waals surface area contributed by atoms with Crippen molar-refractivity contribution < 1.29 is 9.18 Å². The van der Waals surface area contributed by atoms with Crippen molar-refractivity contribution in [2.75, 3.05) is 12.3 Å². The lowest BCUT2D eigenvalue weighted by Gasteiger charge is -2.08. The Kier molecular flexibility index (Phi) is 8.46. The van der Waals surface area contributed by atoms with E-state index in [2.05, 4.69) is 43.4 Å². The Morgan fingerprint density at radius 3 is 2.58 bits per heavy atom. The average Bonchev–Trinajstić information content (AvgIpc) is 2.61. The van der Waals surface area contributed by atoms with Crippen LogP contribution in [-0.2, 0) is 17.0 Å². The number of hydrogen-bond acceptors (Lipinski definition) is 2. The Bertz CT molecular complexity index is 718. The number of halogens is 2. The van der Waals surface area contributed by atoms with Gasteiger partial charge in [-0.2, -0.15) is 0 Å². The van der Waals surface area contributed by atoms with Gasteiger partial charge in [-0.1, -0.05) is 55.8 Å². The summed E-state index contributed by atoms with van der Waals surface area (Å²) in [4.78, 5) is 11.9. The van der Waals surface area contributed by atoms with Gasteiger partial charge in [0.15, 0.2) is 0 Å². The largest absolute Gasteiger partial charge is 0.355 e. The van der Waals surface area contributed by atoms with Crippen LogP contribution in [0.2, 0.25) is 5.02 Å². The molecule has 1 amide bonds. The van der Waals surface area contributed by atoms with Crippen molar-refractivity contribution in [2.24, 2.45) is 0 Å². The molecule has 0 fully saturated rings. The standard InChI is InChI=1S/C21H25ClFNOS/c1-15(2)17-7-5-16(6-8-17)4-3-11-24-21(25)14-26-13-18-9-10-19(22)12-20(18)23/h5-10,12,15H,3-4,11,13-14H2,1-2H3,(H,24,25). The molecule has 0 aliphatic rings. The zero-order chi connectivity index (χ0) is 18.9.